The van der Waals surface area contributed by atoms with Crippen LogP contribution in [0.1, 0.15) is 40.0 Å². The van der Waals surface area contributed by atoms with Gasteiger partial charge in [0.15, 0.2) is 0 Å². The van der Waals surface area contributed by atoms with Gasteiger partial charge in [0.2, 0.25) is 0 Å². The number of carbonyl (C=O) groups is 1. The molecule has 0 aromatic carbocycles. The number of anilines is 1. The maximum absolute atomic E-state index is 12.3. The van der Waals surface area contributed by atoms with Crippen LogP contribution < -0.4 is 11.1 Å². The van der Waals surface area contributed by atoms with Crippen molar-refractivity contribution >= 4 is 23.1 Å². The van der Waals surface area contributed by atoms with Crippen LogP contribution in [0, 0.1) is 18.8 Å². The first-order valence-electron chi connectivity index (χ1n) is 6.67. The molecule has 0 aliphatic heterocycles. The molecule has 0 atom stereocenters. The van der Waals surface area contributed by atoms with Gasteiger partial charge < -0.3 is 11.1 Å². The molecule has 2 aromatic heterocycles. The number of nitrogens with one attached hydrogen (secondary N) is 1. The summed E-state index contributed by atoms with van der Waals surface area (Å²) in [5, 5.41) is 7.08. The molecule has 0 spiro atoms. The van der Waals surface area contributed by atoms with Crippen LogP contribution >= 0.6 is 11.3 Å². The Morgan fingerprint density at radius 1 is 1.57 bits per heavy atom. The maximum Gasteiger partial charge on any atom is 0.266 e. The van der Waals surface area contributed by atoms with Crippen molar-refractivity contribution < 1.29 is 4.79 Å². The number of thiophene rings is 1. The number of aryl methyl sites for hydroxylation is 1. The highest BCUT2D eigenvalue weighted by atomic mass is 32.1. The zero-order valence-corrected chi connectivity index (χ0v) is 13.1. The van der Waals surface area contributed by atoms with Crippen molar-refractivity contribution in [1.82, 2.24) is 9.78 Å². The molecule has 110 valence electrons. The predicted octanol–water partition coefficient (Wildman–Crippen LogP) is 2.40. The minimum atomic E-state index is -0.147. The molecule has 5 nitrogen and oxygen atoms in total. The molecule has 0 aliphatic rings. The zero-order chi connectivity index (χ0) is 15.4. The van der Waals surface area contributed by atoms with E-state index in [0.29, 0.717) is 17.2 Å². The average Bonchev–Trinajstić information content (AvgIpc) is 3.03. The summed E-state index contributed by atoms with van der Waals surface area (Å²) in [6.07, 6.45) is 1.67. The largest absolute Gasteiger partial charge is 0.320 e. The smallest absolute Gasteiger partial charge is 0.266 e. The third-order valence-electron chi connectivity index (χ3n) is 2.85. The van der Waals surface area contributed by atoms with Crippen molar-refractivity contribution in [3.63, 3.8) is 0 Å². The second-order valence-corrected chi connectivity index (χ2v) is 5.89. The molecule has 0 bridgehead atoms. The maximum atomic E-state index is 12.3. The van der Waals surface area contributed by atoms with Gasteiger partial charge in [0, 0.05) is 12.1 Å². The fraction of sp³-hybridized carbons (Fsp3) is 0.333. The van der Waals surface area contributed by atoms with Crippen molar-refractivity contribution in [1.29, 1.82) is 0 Å². The number of carbonyl (C=O) groups excluding carboxylic acids is 1. The zero-order valence-electron chi connectivity index (χ0n) is 12.3. The van der Waals surface area contributed by atoms with E-state index < -0.39 is 0 Å². The normalized spacial score (nSPS) is 10.3. The first-order chi connectivity index (χ1) is 10.0. The lowest BCUT2D eigenvalue weighted by Crippen LogP contribution is -2.15. The third-order valence-corrected chi connectivity index (χ3v) is 4.00. The van der Waals surface area contributed by atoms with Crippen LogP contribution in [-0.4, -0.2) is 22.2 Å². The number of hydrogen-bond acceptors (Lipinski definition) is 4. The summed E-state index contributed by atoms with van der Waals surface area (Å²) in [6.45, 7) is 6.27. The van der Waals surface area contributed by atoms with E-state index in [-0.39, 0.29) is 11.9 Å². The van der Waals surface area contributed by atoms with E-state index in [9.17, 15) is 4.79 Å². The molecule has 1 amide bonds. The van der Waals surface area contributed by atoms with Gasteiger partial charge in [-0.3, -0.25) is 4.79 Å². The summed E-state index contributed by atoms with van der Waals surface area (Å²) < 4.78 is 1.77. The average molecular weight is 302 g/mol. The van der Waals surface area contributed by atoms with Gasteiger partial charge in [-0.15, -0.1) is 11.3 Å². The molecule has 6 heteroatoms. The van der Waals surface area contributed by atoms with Crippen molar-refractivity contribution in [2.24, 2.45) is 5.73 Å². The van der Waals surface area contributed by atoms with E-state index in [2.05, 4.69) is 22.3 Å². The van der Waals surface area contributed by atoms with Crippen molar-refractivity contribution in [3.05, 3.63) is 33.6 Å². The van der Waals surface area contributed by atoms with Crippen molar-refractivity contribution in [2.45, 2.75) is 26.8 Å². The van der Waals surface area contributed by atoms with Gasteiger partial charge >= 0.3 is 0 Å². The molecule has 0 saturated heterocycles. The number of nitrogens with zero attached hydrogens (tertiary/aromatic N) is 2. The minimum Gasteiger partial charge on any atom is -0.320 e. The Hall–Kier alpha value is -2.10. The Morgan fingerprint density at radius 3 is 3.00 bits per heavy atom. The monoisotopic (exact) mass is 302 g/mol. The Balaban J connectivity index is 2.19. The number of amides is 1. The lowest BCUT2D eigenvalue weighted by atomic mass is 10.2. The van der Waals surface area contributed by atoms with E-state index in [1.807, 2.05) is 26.8 Å². The number of nitrogens with two attached hydrogens (primary N) is 1. The molecule has 2 aromatic rings. The van der Waals surface area contributed by atoms with E-state index in [1.54, 1.807) is 16.9 Å². The molecule has 0 unspecified atom stereocenters. The summed E-state index contributed by atoms with van der Waals surface area (Å²) in [5.74, 6) is 6.34. The summed E-state index contributed by atoms with van der Waals surface area (Å²) in [6, 6.07) is 3.82. The van der Waals surface area contributed by atoms with Crippen LogP contribution in [0.2, 0.25) is 0 Å². The van der Waals surface area contributed by atoms with E-state index in [4.69, 9.17) is 5.73 Å². The minimum absolute atomic E-state index is 0.147. The van der Waals surface area contributed by atoms with Gasteiger partial charge in [0.1, 0.15) is 5.82 Å². The van der Waals surface area contributed by atoms with Gasteiger partial charge in [-0.2, -0.15) is 5.10 Å². The number of aromatic nitrogens is 2. The lowest BCUT2D eigenvalue weighted by Gasteiger charge is -2.11. The Labute approximate surface area is 128 Å². The molecule has 0 radical (unpaired) electrons. The Bertz CT molecular complexity index is 703. The number of hydrogen-bond donors (Lipinski definition) is 2. The fourth-order valence-corrected chi connectivity index (χ4v) is 2.79. The van der Waals surface area contributed by atoms with E-state index in [1.165, 1.54) is 11.3 Å². The van der Waals surface area contributed by atoms with Crippen molar-refractivity contribution in [2.75, 3.05) is 11.9 Å². The topological polar surface area (TPSA) is 72.9 Å². The number of rotatable bonds is 3. The fourth-order valence-electron chi connectivity index (χ4n) is 1.85. The quantitative estimate of drug-likeness (QED) is 0.855. The van der Waals surface area contributed by atoms with Gasteiger partial charge in [0.05, 0.1) is 22.5 Å². The van der Waals surface area contributed by atoms with Crippen LogP contribution in [0.3, 0.4) is 0 Å². The summed E-state index contributed by atoms with van der Waals surface area (Å²) in [4.78, 5) is 13.8. The van der Waals surface area contributed by atoms with Gasteiger partial charge in [-0.25, -0.2) is 4.68 Å². The van der Waals surface area contributed by atoms with E-state index in [0.717, 1.165) is 10.4 Å². The summed E-state index contributed by atoms with van der Waals surface area (Å²) in [5.41, 5.74) is 6.36. The van der Waals surface area contributed by atoms with Gasteiger partial charge in [-0.1, -0.05) is 11.8 Å². The first kappa shape index (κ1) is 15.3. The first-order valence-corrected chi connectivity index (χ1v) is 7.48. The van der Waals surface area contributed by atoms with Crippen molar-refractivity contribution in [3.8, 4) is 11.8 Å². The second-order valence-electron chi connectivity index (χ2n) is 4.84. The van der Waals surface area contributed by atoms with Gasteiger partial charge in [0.25, 0.3) is 5.91 Å². The van der Waals surface area contributed by atoms with E-state index >= 15 is 0 Å². The Kier molecular flexibility index (Phi) is 4.78. The van der Waals surface area contributed by atoms with Crippen LogP contribution in [0.15, 0.2) is 18.3 Å². The van der Waals surface area contributed by atoms with Crippen LogP contribution in [0.25, 0.3) is 0 Å². The SMILES string of the molecule is Cc1cc(C(=O)Nc2ccnn2C(C)C)sc1C#CCN. The molecule has 2 heterocycles. The molecular weight excluding hydrogens is 284 g/mol. The highest BCUT2D eigenvalue weighted by Gasteiger charge is 2.14. The summed E-state index contributed by atoms with van der Waals surface area (Å²) >= 11 is 1.37. The highest BCUT2D eigenvalue weighted by molar-refractivity contribution is 7.14. The van der Waals surface area contributed by atoms with Crippen LogP contribution in [-0.2, 0) is 0 Å². The van der Waals surface area contributed by atoms with Gasteiger partial charge in [-0.05, 0) is 32.4 Å². The molecule has 2 rings (SSSR count). The van der Waals surface area contributed by atoms with Crippen LogP contribution in [0.5, 0.6) is 0 Å². The molecule has 0 saturated carbocycles. The predicted molar refractivity (Wildman–Crippen MR) is 85.6 cm³/mol. The van der Waals surface area contributed by atoms with Crippen LogP contribution in [0.4, 0.5) is 5.82 Å². The lowest BCUT2D eigenvalue weighted by molar-refractivity contribution is 0.102. The molecule has 0 fully saturated rings. The highest BCUT2D eigenvalue weighted by Crippen LogP contribution is 2.22. The molecular formula is C15H18N4OS. The standard InChI is InChI=1S/C15H18N4OS/c1-10(2)19-14(6-8-17-19)18-15(20)13-9-11(3)12(21-13)5-4-7-16/h6,8-10H,7,16H2,1-3H3,(H,18,20). The second kappa shape index (κ2) is 6.57. The Morgan fingerprint density at radius 2 is 2.33 bits per heavy atom. The molecule has 3 N–H and O–H groups in total. The molecule has 0 aliphatic carbocycles. The summed E-state index contributed by atoms with van der Waals surface area (Å²) in [7, 11) is 0. The third kappa shape index (κ3) is 3.51. The molecule has 21 heavy (non-hydrogen) atoms.